The van der Waals surface area contributed by atoms with Gasteiger partial charge in [-0.15, -0.1) is 0 Å². The molecule has 0 rings (SSSR count). The summed E-state index contributed by atoms with van der Waals surface area (Å²) in [6, 6.07) is -4.38. The normalized spacial score (nSPS) is 14.8. The van der Waals surface area contributed by atoms with Crippen molar-refractivity contribution in [1.29, 1.82) is 0 Å². The van der Waals surface area contributed by atoms with E-state index in [1.807, 2.05) is 6.26 Å². The van der Waals surface area contributed by atoms with E-state index in [0.29, 0.717) is 38.0 Å². The Morgan fingerprint density at radius 3 is 2.03 bits per heavy atom. The number of carbonyl (C=O) groups is 4. The number of nitrogens with one attached hydrogen (secondary N) is 3. The zero-order valence-corrected chi connectivity index (χ0v) is 18.7. The van der Waals surface area contributed by atoms with Crippen LogP contribution in [0.15, 0.2) is 0 Å². The number of thioether (sulfide) groups is 1. The minimum atomic E-state index is -1.51. The number of aliphatic hydroxyl groups excluding tert-OH is 1. The minimum Gasteiger partial charge on any atom is -0.480 e. The van der Waals surface area contributed by atoms with Gasteiger partial charge in [-0.05, 0) is 44.2 Å². The summed E-state index contributed by atoms with van der Waals surface area (Å²) in [5.74, 6) is -2.76. The number of amides is 3. The molecule has 13 heteroatoms. The van der Waals surface area contributed by atoms with E-state index in [1.165, 1.54) is 0 Å². The number of aliphatic hydroxyl groups is 1. The third kappa shape index (κ3) is 11.0. The molecule has 0 fully saturated rings. The van der Waals surface area contributed by atoms with E-state index in [9.17, 15) is 19.2 Å². The van der Waals surface area contributed by atoms with Crippen molar-refractivity contribution >= 4 is 48.1 Å². The molecule has 0 aliphatic rings. The number of nitrogens with two attached hydrogens (primary N) is 2. The van der Waals surface area contributed by atoms with Gasteiger partial charge in [0.05, 0.1) is 12.6 Å². The van der Waals surface area contributed by atoms with Gasteiger partial charge >= 0.3 is 5.97 Å². The predicted octanol–water partition coefficient (Wildman–Crippen LogP) is -2.34. The third-order valence-corrected chi connectivity index (χ3v) is 5.17. The smallest absolute Gasteiger partial charge is 0.328 e. The largest absolute Gasteiger partial charge is 0.480 e. The second-order valence-electron chi connectivity index (χ2n) is 6.56. The Labute approximate surface area is 185 Å². The van der Waals surface area contributed by atoms with Crippen molar-refractivity contribution in [3.8, 4) is 0 Å². The second-order valence-corrected chi connectivity index (χ2v) is 7.91. The number of unbranched alkanes of at least 4 members (excludes halogenated alkanes) is 1. The molecule has 0 radical (unpaired) electrons. The molecule has 0 aromatic rings. The molecule has 0 saturated heterocycles. The molecule has 0 spiro atoms. The van der Waals surface area contributed by atoms with E-state index in [0.717, 1.165) is 0 Å². The van der Waals surface area contributed by atoms with Gasteiger partial charge < -0.3 is 37.6 Å². The summed E-state index contributed by atoms with van der Waals surface area (Å²) in [5.41, 5.74) is 11.3. The van der Waals surface area contributed by atoms with Crippen molar-refractivity contribution in [2.24, 2.45) is 11.5 Å². The van der Waals surface area contributed by atoms with Gasteiger partial charge in [0.25, 0.3) is 0 Å². The molecule has 0 bridgehead atoms. The molecule has 11 nitrogen and oxygen atoms in total. The van der Waals surface area contributed by atoms with Crippen LogP contribution in [-0.2, 0) is 19.2 Å². The highest BCUT2D eigenvalue weighted by Gasteiger charge is 2.29. The lowest BCUT2D eigenvalue weighted by atomic mass is 10.1. The lowest BCUT2D eigenvalue weighted by Crippen LogP contribution is -2.58. The van der Waals surface area contributed by atoms with Gasteiger partial charge in [0.15, 0.2) is 0 Å². The van der Waals surface area contributed by atoms with E-state index >= 15 is 0 Å². The molecule has 3 amide bonds. The van der Waals surface area contributed by atoms with Crippen LogP contribution in [0.3, 0.4) is 0 Å². The zero-order chi connectivity index (χ0) is 23.1. The number of hydrogen-bond donors (Lipinski definition) is 8. The molecule has 0 heterocycles. The molecule has 0 aromatic carbocycles. The Balaban J connectivity index is 5.10. The number of rotatable bonds is 16. The quantitative estimate of drug-likeness (QED) is 0.0905. The highest BCUT2D eigenvalue weighted by molar-refractivity contribution is 7.98. The fraction of sp³-hybridized carbons (Fsp3) is 0.765. The van der Waals surface area contributed by atoms with E-state index in [2.05, 4.69) is 28.6 Å². The van der Waals surface area contributed by atoms with Gasteiger partial charge in [0.1, 0.15) is 18.1 Å². The van der Waals surface area contributed by atoms with Crippen molar-refractivity contribution in [3.63, 3.8) is 0 Å². The first-order chi connectivity index (χ1) is 14.2. The lowest BCUT2D eigenvalue weighted by Gasteiger charge is -2.24. The Kier molecular flexibility index (Phi) is 15.4. The summed E-state index contributed by atoms with van der Waals surface area (Å²) in [6.07, 6.45) is 3.84. The molecule has 0 aliphatic carbocycles. The fourth-order valence-corrected chi connectivity index (χ4v) is 3.09. The number of thiol groups is 1. The van der Waals surface area contributed by atoms with Crippen LogP contribution in [-0.4, -0.2) is 89.0 Å². The van der Waals surface area contributed by atoms with Crippen molar-refractivity contribution < 1.29 is 29.4 Å². The molecular weight excluding hydrogens is 434 g/mol. The molecule has 0 saturated carbocycles. The van der Waals surface area contributed by atoms with Crippen molar-refractivity contribution in [2.75, 3.05) is 30.9 Å². The van der Waals surface area contributed by atoms with Gasteiger partial charge in [-0.2, -0.15) is 24.4 Å². The molecule has 0 aliphatic heterocycles. The maximum Gasteiger partial charge on any atom is 0.328 e. The van der Waals surface area contributed by atoms with Crippen LogP contribution >= 0.6 is 24.4 Å². The van der Waals surface area contributed by atoms with E-state index in [1.54, 1.807) is 11.8 Å². The summed E-state index contributed by atoms with van der Waals surface area (Å²) in [7, 11) is 0. The summed E-state index contributed by atoms with van der Waals surface area (Å²) in [5, 5.41) is 25.1. The first kappa shape index (κ1) is 28.5. The average Bonchev–Trinajstić information content (AvgIpc) is 2.72. The van der Waals surface area contributed by atoms with Crippen molar-refractivity contribution in [1.82, 2.24) is 16.0 Å². The summed E-state index contributed by atoms with van der Waals surface area (Å²) >= 11 is 5.56. The number of carboxylic acids is 1. The van der Waals surface area contributed by atoms with E-state index in [-0.39, 0.29) is 5.75 Å². The number of hydrogen-bond acceptors (Lipinski definition) is 9. The summed E-state index contributed by atoms with van der Waals surface area (Å²) in [4.78, 5) is 48.2. The number of carboxylic acid groups (broad SMARTS) is 1. The van der Waals surface area contributed by atoms with Crippen molar-refractivity contribution in [3.05, 3.63) is 0 Å². The maximum absolute atomic E-state index is 12.7. The van der Waals surface area contributed by atoms with Gasteiger partial charge in [-0.1, -0.05) is 0 Å². The second kappa shape index (κ2) is 16.2. The molecular formula is C17H33N5O6S2. The Morgan fingerprint density at radius 1 is 0.967 bits per heavy atom. The minimum absolute atomic E-state index is 0.119. The first-order valence-electron chi connectivity index (χ1n) is 9.51. The molecule has 0 aromatic heterocycles. The van der Waals surface area contributed by atoms with Crippen LogP contribution in [0.5, 0.6) is 0 Å². The summed E-state index contributed by atoms with van der Waals surface area (Å²) in [6.45, 7) is -0.380. The van der Waals surface area contributed by atoms with Crippen LogP contribution in [0.2, 0.25) is 0 Å². The van der Waals surface area contributed by atoms with Gasteiger partial charge in [0.2, 0.25) is 17.7 Å². The highest BCUT2D eigenvalue weighted by Crippen LogP contribution is 2.05. The van der Waals surface area contributed by atoms with Crippen LogP contribution in [0, 0.1) is 0 Å². The molecule has 9 N–H and O–H groups in total. The van der Waals surface area contributed by atoms with Crippen LogP contribution in [0.4, 0.5) is 0 Å². The lowest BCUT2D eigenvalue weighted by molar-refractivity contribution is -0.143. The van der Waals surface area contributed by atoms with Gasteiger partial charge in [0, 0.05) is 5.75 Å². The molecule has 4 unspecified atom stereocenters. The predicted molar refractivity (Wildman–Crippen MR) is 118 cm³/mol. The summed E-state index contributed by atoms with van der Waals surface area (Å²) < 4.78 is 0. The van der Waals surface area contributed by atoms with Crippen LogP contribution in [0.25, 0.3) is 0 Å². The Morgan fingerprint density at radius 2 is 1.53 bits per heavy atom. The Hall–Kier alpha value is -1.54. The Bertz CT molecular complexity index is 569. The van der Waals surface area contributed by atoms with Crippen LogP contribution < -0.4 is 27.4 Å². The fourth-order valence-electron chi connectivity index (χ4n) is 2.34. The zero-order valence-electron chi connectivity index (χ0n) is 17.0. The van der Waals surface area contributed by atoms with E-state index in [4.69, 9.17) is 21.7 Å². The van der Waals surface area contributed by atoms with Gasteiger partial charge in [-0.3, -0.25) is 14.4 Å². The maximum atomic E-state index is 12.7. The standard InChI is InChI=1S/C17H33N5O6S2/c1-30-7-5-10(19)14(24)20-11(4-2-3-6-18)15(25)22-13(9-29)16(26)21-12(8-23)17(27)28/h10-13,23,29H,2-9,18-19H2,1H3,(H,20,24)(H,21,26)(H,22,25)(H,27,28). The molecule has 4 atom stereocenters. The van der Waals surface area contributed by atoms with Gasteiger partial charge in [-0.25, -0.2) is 4.79 Å². The van der Waals surface area contributed by atoms with E-state index < -0.39 is 54.5 Å². The molecule has 30 heavy (non-hydrogen) atoms. The topological polar surface area (TPSA) is 197 Å². The highest BCUT2D eigenvalue weighted by atomic mass is 32.2. The third-order valence-electron chi connectivity index (χ3n) is 4.16. The average molecular weight is 468 g/mol. The SMILES string of the molecule is CSCCC(N)C(=O)NC(CCCCN)C(=O)NC(CS)C(=O)NC(CO)C(=O)O. The molecule has 174 valence electrons. The monoisotopic (exact) mass is 467 g/mol. The number of carbonyl (C=O) groups excluding carboxylic acids is 3. The first-order valence-corrected chi connectivity index (χ1v) is 11.5. The number of aliphatic carboxylic acids is 1. The van der Waals surface area contributed by atoms with Crippen molar-refractivity contribution in [2.45, 2.75) is 49.9 Å². The van der Waals surface area contributed by atoms with Crippen LogP contribution in [0.1, 0.15) is 25.7 Å².